The van der Waals surface area contributed by atoms with Crippen LogP contribution in [0.4, 0.5) is 15.3 Å². The molecular formula is C63H90N8O19. The van der Waals surface area contributed by atoms with Crippen LogP contribution < -0.4 is 27.0 Å². The summed E-state index contributed by atoms with van der Waals surface area (Å²) in [6.45, 7) is 14.8. The molecule has 2 fully saturated rings. The lowest BCUT2D eigenvalue weighted by Gasteiger charge is -2.39. The third-order valence-electron chi connectivity index (χ3n) is 16.1. The van der Waals surface area contributed by atoms with Gasteiger partial charge < -0.3 is 75.8 Å². The molecule has 1 aromatic carbocycles. The molecule has 27 heteroatoms. The van der Waals surface area contributed by atoms with E-state index in [2.05, 4.69) is 21.3 Å². The van der Waals surface area contributed by atoms with E-state index in [4.69, 9.17) is 29.4 Å². The number of carbonyl (C=O) groups is 11. The first kappa shape index (κ1) is 72.7. The number of carbonyl (C=O) groups excluding carboxylic acids is 11. The number of nitrogens with zero attached hydrogens (tertiary/aromatic N) is 3. The number of aliphatic hydroxyl groups excluding tert-OH is 2. The normalized spacial score (nSPS) is 25.0. The Hall–Kier alpha value is -8.01. The Bertz CT molecular complexity index is 2850. The SMILES string of the molecule is CC[C@H](O)[C@@H](C)[C@H]1O[C@@H]1CC(C)(O)/C=C/C=C(\C)[C@H]1OC(=O)C[C@H](O)CC[C@@](C)(OC(=O)N2CCN(C(=O)OCc3ccc(NC(=O)C(CC(N)=O)NC(=O)C(C)NC(=O)C(C)NC(=O)CCCCCN4C(=O)C=CC4=O)cc3)CC2)[C@@H](OC(C)=O)/C=C/[C@@H]1C. The second-order valence-corrected chi connectivity index (χ2v) is 24.0. The molecule has 4 aliphatic heterocycles. The number of cyclic esters (lactones) is 1. The number of hydrogen-bond donors (Lipinski definition) is 8. The molecular weight excluding hydrogens is 1170 g/mol. The van der Waals surface area contributed by atoms with E-state index in [1.165, 1.54) is 54.9 Å². The molecule has 0 radical (unpaired) electrons. The molecule has 0 bridgehead atoms. The average molecular weight is 1260 g/mol. The highest BCUT2D eigenvalue weighted by Gasteiger charge is 2.47. The van der Waals surface area contributed by atoms with E-state index in [9.17, 15) is 68.1 Å². The molecule has 27 nitrogen and oxygen atoms in total. The van der Waals surface area contributed by atoms with Crippen LogP contribution in [0.25, 0.3) is 0 Å². The summed E-state index contributed by atoms with van der Waals surface area (Å²) in [5.41, 5.74) is 3.96. The first-order valence-corrected chi connectivity index (χ1v) is 30.5. The van der Waals surface area contributed by atoms with Crippen LogP contribution in [0.2, 0.25) is 0 Å². The fraction of sp³-hybridized carbons (Fsp3) is 0.603. The Morgan fingerprint density at radius 1 is 0.867 bits per heavy atom. The summed E-state index contributed by atoms with van der Waals surface area (Å²) >= 11 is 0. The predicted molar refractivity (Wildman–Crippen MR) is 324 cm³/mol. The van der Waals surface area contributed by atoms with Crippen molar-refractivity contribution in [1.82, 2.24) is 30.7 Å². The van der Waals surface area contributed by atoms with Gasteiger partial charge in [0.05, 0.1) is 42.9 Å². The summed E-state index contributed by atoms with van der Waals surface area (Å²) in [7, 11) is 0. The minimum absolute atomic E-state index is 0.0361. The molecule has 4 unspecified atom stereocenters. The molecule has 9 amide bonds. The van der Waals surface area contributed by atoms with Crippen LogP contribution in [0.3, 0.4) is 0 Å². The predicted octanol–water partition coefficient (Wildman–Crippen LogP) is 3.03. The monoisotopic (exact) mass is 1260 g/mol. The molecule has 0 aromatic heterocycles. The summed E-state index contributed by atoms with van der Waals surface area (Å²) in [6, 6.07) is 2.42. The van der Waals surface area contributed by atoms with E-state index in [0.29, 0.717) is 43.2 Å². The number of benzene rings is 1. The molecule has 2 saturated heterocycles. The number of nitrogens with two attached hydrogens (primary N) is 1. The Morgan fingerprint density at radius 3 is 2.11 bits per heavy atom. The van der Waals surface area contributed by atoms with E-state index in [1.807, 2.05) is 13.8 Å². The number of unbranched alkanes of at least 4 members (excludes halogenated alkanes) is 2. The fourth-order valence-electron chi connectivity index (χ4n) is 10.4. The fourth-order valence-corrected chi connectivity index (χ4v) is 10.4. The number of nitrogens with one attached hydrogen (secondary N) is 4. The van der Waals surface area contributed by atoms with E-state index in [-0.39, 0.29) is 101 Å². The van der Waals surface area contributed by atoms with E-state index in [1.54, 1.807) is 70.2 Å². The Balaban J connectivity index is 1.09. The van der Waals surface area contributed by atoms with Crippen LogP contribution in [0, 0.1) is 11.8 Å². The highest BCUT2D eigenvalue weighted by Crippen LogP contribution is 2.38. The second kappa shape index (κ2) is 33.7. The summed E-state index contributed by atoms with van der Waals surface area (Å²) in [4.78, 5) is 144. The van der Waals surface area contributed by atoms with Crippen LogP contribution in [-0.4, -0.2) is 194 Å². The van der Waals surface area contributed by atoms with Crippen molar-refractivity contribution < 1.29 is 91.7 Å². The first-order valence-electron chi connectivity index (χ1n) is 30.5. The number of esters is 2. The molecule has 4 aliphatic rings. The Labute approximate surface area is 524 Å². The number of epoxide rings is 1. The van der Waals surface area contributed by atoms with Crippen molar-refractivity contribution in [3.63, 3.8) is 0 Å². The van der Waals surface area contributed by atoms with Gasteiger partial charge >= 0.3 is 24.1 Å². The van der Waals surface area contributed by atoms with E-state index in [0.717, 1.165) is 4.90 Å². The minimum atomic E-state index is -1.56. The minimum Gasteiger partial charge on any atom is -0.457 e. The topological polar surface area (TPSA) is 382 Å². The number of hydrogen-bond acceptors (Lipinski definition) is 19. The molecule has 496 valence electrons. The van der Waals surface area contributed by atoms with Crippen LogP contribution in [0.5, 0.6) is 0 Å². The van der Waals surface area contributed by atoms with Crippen molar-refractivity contribution in [2.45, 2.75) is 199 Å². The number of imide groups is 1. The van der Waals surface area contributed by atoms with Crippen LogP contribution in [-0.2, 0) is 73.4 Å². The average Bonchev–Trinajstić information content (AvgIpc) is 1.70. The van der Waals surface area contributed by atoms with Gasteiger partial charge in [0, 0.05) is 82.2 Å². The third-order valence-corrected chi connectivity index (χ3v) is 16.1. The smallest absolute Gasteiger partial charge is 0.410 e. The quantitative estimate of drug-likeness (QED) is 0.0119. The zero-order chi connectivity index (χ0) is 66.6. The van der Waals surface area contributed by atoms with Crippen LogP contribution in [0.1, 0.15) is 132 Å². The largest absolute Gasteiger partial charge is 0.457 e. The number of piperazine rings is 1. The van der Waals surface area contributed by atoms with Crippen molar-refractivity contribution >= 4 is 71.2 Å². The summed E-state index contributed by atoms with van der Waals surface area (Å²) in [5, 5.41) is 42.5. The van der Waals surface area contributed by atoms with Crippen molar-refractivity contribution in [3.8, 4) is 0 Å². The van der Waals surface area contributed by atoms with E-state index < -0.39 is 120 Å². The van der Waals surface area contributed by atoms with Crippen molar-refractivity contribution in [3.05, 3.63) is 77.9 Å². The highest BCUT2D eigenvalue weighted by atomic mass is 16.6. The first-order chi connectivity index (χ1) is 42.4. The molecule has 0 saturated carbocycles. The molecule has 0 spiro atoms. The maximum atomic E-state index is 13.9. The van der Waals surface area contributed by atoms with Gasteiger partial charge in [0.2, 0.25) is 29.5 Å². The molecule has 1 aromatic rings. The Morgan fingerprint density at radius 2 is 1.49 bits per heavy atom. The molecule has 0 aliphatic carbocycles. The van der Waals surface area contributed by atoms with Gasteiger partial charge in [-0.15, -0.1) is 0 Å². The maximum Gasteiger partial charge on any atom is 0.410 e. The summed E-state index contributed by atoms with van der Waals surface area (Å²) in [5.74, 6) is -6.40. The van der Waals surface area contributed by atoms with Gasteiger partial charge in [-0.3, -0.25) is 48.1 Å². The van der Waals surface area contributed by atoms with Gasteiger partial charge in [-0.05, 0) is 96.1 Å². The Kier molecular flexibility index (Phi) is 27.2. The standard InChI is InChI=1S/C63H90N8O19/c1-10-47(74)39(4)56-48(88-56)35-62(8,85)26-14-15-37(2)55-38(3)17-22-49(87-42(7)72)63(9,27-25-45(73)33-54(79)89-55)90-61(84)70-31-29-69(30-32-70)60(83)86-36-43-18-20-44(21-19-43)67-59(82)46(34-50(64)75)68-58(81)41(6)66-57(80)40(5)65-51(76)16-12-11-13-28-71-52(77)23-24-53(71)78/h14-15,17-24,26,38-41,45-49,55-56,73-74,85H,10-13,16,25,27-36H2,1-9H3,(H2,64,75)(H,65,76)(H,66,80)(H,67,82)(H,68,81)/b22-17+,26-14+,37-15+/t38-,39+,40?,41?,45+,46?,47-,48+,49-,55+,56+,62?,63+/m0/s1. The number of aliphatic hydroxyl groups is 3. The second-order valence-electron chi connectivity index (χ2n) is 24.0. The number of primary amides is 1. The zero-order valence-corrected chi connectivity index (χ0v) is 52.8. The number of anilines is 1. The number of allylic oxidation sites excluding steroid dienone is 2. The van der Waals surface area contributed by atoms with Gasteiger partial charge in [0.1, 0.15) is 30.8 Å². The molecule has 13 atom stereocenters. The summed E-state index contributed by atoms with van der Waals surface area (Å²) in [6.07, 6.45) is 6.43. The lowest BCUT2D eigenvalue weighted by atomic mass is 9.88. The zero-order valence-electron chi connectivity index (χ0n) is 52.8. The van der Waals surface area contributed by atoms with Crippen molar-refractivity contribution in [2.75, 3.05) is 38.0 Å². The van der Waals surface area contributed by atoms with Crippen molar-refractivity contribution in [1.29, 1.82) is 0 Å². The van der Waals surface area contributed by atoms with Gasteiger partial charge in [0.15, 0.2) is 11.7 Å². The molecule has 9 N–H and O–H groups in total. The molecule has 90 heavy (non-hydrogen) atoms. The van der Waals surface area contributed by atoms with Gasteiger partial charge in [-0.25, -0.2) is 9.59 Å². The maximum absolute atomic E-state index is 13.9. The van der Waals surface area contributed by atoms with Gasteiger partial charge in [-0.2, -0.15) is 0 Å². The number of rotatable bonds is 27. The number of ether oxygens (including phenoxy) is 5. The van der Waals surface area contributed by atoms with Gasteiger partial charge in [0.25, 0.3) is 11.8 Å². The molecule has 5 rings (SSSR count). The molecule has 4 heterocycles. The van der Waals surface area contributed by atoms with Gasteiger partial charge in [-0.1, -0.05) is 63.6 Å². The lowest BCUT2D eigenvalue weighted by molar-refractivity contribution is -0.158. The summed E-state index contributed by atoms with van der Waals surface area (Å²) < 4.78 is 29.2. The third kappa shape index (κ3) is 22.8. The lowest BCUT2D eigenvalue weighted by Crippen LogP contribution is -2.55. The van der Waals surface area contributed by atoms with Crippen LogP contribution in [0.15, 0.2) is 72.4 Å². The van der Waals surface area contributed by atoms with Crippen molar-refractivity contribution in [2.24, 2.45) is 17.6 Å². The highest BCUT2D eigenvalue weighted by molar-refractivity contribution is 6.12. The number of amides is 9. The van der Waals surface area contributed by atoms with Crippen LogP contribution >= 0.6 is 0 Å². The van der Waals surface area contributed by atoms with E-state index >= 15 is 0 Å².